The number of hydrogen-bond acceptors (Lipinski definition) is 6. The molecule has 1 aromatic heterocycles. The topological polar surface area (TPSA) is 77.5 Å². The van der Waals surface area contributed by atoms with E-state index in [1.54, 1.807) is 18.3 Å². The minimum absolute atomic E-state index is 0.00839. The van der Waals surface area contributed by atoms with Gasteiger partial charge in [0.15, 0.2) is 0 Å². The monoisotopic (exact) mass is 396 g/mol. The van der Waals surface area contributed by atoms with Gasteiger partial charge >= 0.3 is 0 Å². The molecule has 0 radical (unpaired) electrons. The molecule has 1 fully saturated rings. The van der Waals surface area contributed by atoms with Crippen LogP contribution in [0.1, 0.15) is 18.4 Å². The van der Waals surface area contributed by atoms with E-state index in [4.69, 9.17) is 9.47 Å². The van der Waals surface area contributed by atoms with Crippen molar-refractivity contribution in [3.8, 4) is 17.0 Å². The summed E-state index contributed by atoms with van der Waals surface area (Å²) in [5, 5.41) is 3.08. The van der Waals surface area contributed by atoms with Gasteiger partial charge in [-0.1, -0.05) is 0 Å². The van der Waals surface area contributed by atoms with Crippen LogP contribution < -0.4 is 9.46 Å². The van der Waals surface area contributed by atoms with Crippen molar-refractivity contribution in [3.05, 3.63) is 34.7 Å². The van der Waals surface area contributed by atoms with Crippen molar-refractivity contribution >= 4 is 21.4 Å². The Kier molecular flexibility index (Phi) is 6.29. The molecule has 1 N–H and O–H groups in total. The Labute approximate surface area is 158 Å². The second-order valence-electron chi connectivity index (χ2n) is 6.34. The molecule has 1 aliphatic rings. The number of benzene rings is 1. The molecule has 1 aliphatic heterocycles. The van der Waals surface area contributed by atoms with Crippen LogP contribution in [0.3, 0.4) is 0 Å². The van der Waals surface area contributed by atoms with Gasteiger partial charge in [-0.05, 0) is 44.5 Å². The molecular weight excluding hydrogens is 372 g/mol. The summed E-state index contributed by atoms with van der Waals surface area (Å²) in [5.74, 6) is 0.824. The van der Waals surface area contributed by atoms with Gasteiger partial charge in [0, 0.05) is 29.5 Å². The third-order valence-corrected chi connectivity index (χ3v) is 6.61. The Morgan fingerprint density at radius 2 is 2.12 bits per heavy atom. The van der Waals surface area contributed by atoms with Crippen molar-refractivity contribution in [1.29, 1.82) is 0 Å². The zero-order valence-electron chi connectivity index (χ0n) is 15.0. The van der Waals surface area contributed by atoms with Gasteiger partial charge < -0.3 is 9.47 Å². The zero-order chi connectivity index (χ0) is 18.6. The molecule has 0 spiro atoms. The number of nitrogens with zero attached hydrogens (tertiary/aromatic N) is 1. The first kappa shape index (κ1) is 19.3. The quantitative estimate of drug-likeness (QED) is 0.779. The molecule has 1 aromatic carbocycles. The summed E-state index contributed by atoms with van der Waals surface area (Å²) < 4.78 is 37.9. The van der Waals surface area contributed by atoms with E-state index in [9.17, 15) is 8.42 Å². The number of rotatable bonds is 7. The van der Waals surface area contributed by atoms with Crippen molar-refractivity contribution in [2.75, 3.05) is 25.6 Å². The smallest absolute Gasteiger partial charge is 0.211 e. The fourth-order valence-electron chi connectivity index (χ4n) is 2.85. The summed E-state index contributed by atoms with van der Waals surface area (Å²) in [6, 6.07) is 7.65. The summed E-state index contributed by atoms with van der Waals surface area (Å²) in [6.45, 7) is 5.09. The number of thiazole rings is 1. The zero-order valence-corrected chi connectivity index (χ0v) is 16.6. The standard InChI is InChI=1S/C18H24N2O4S2/c1-3-26(21,22)20-17-8-9-23-10-15(17)11-24-16-6-4-14(5-7-16)18-12-25-13(2)19-18/h4-7,12,15,17,20H,3,8-11H2,1-2H3/t15-,17+/m1/s1. The van der Waals surface area contributed by atoms with Gasteiger partial charge in [0.25, 0.3) is 0 Å². The molecular formula is C18H24N2O4S2. The minimum Gasteiger partial charge on any atom is -0.493 e. The first-order chi connectivity index (χ1) is 12.5. The Morgan fingerprint density at radius 1 is 1.35 bits per heavy atom. The maximum absolute atomic E-state index is 11.9. The van der Waals surface area contributed by atoms with E-state index >= 15 is 0 Å². The molecule has 0 bridgehead atoms. The number of ether oxygens (including phenoxy) is 2. The van der Waals surface area contributed by atoms with Gasteiger partial charge in [-0.25, -0.2) is 18.1 Å². The normalized spacial score (nSPS) is 20.8. The van der Waals surface area contributed by atoms with Gasteiger partial charge in [0.1, 0.15) is 5.75 Å². The first-order valence-corrected chi connectivity index (χ1v) is 11.2. The lowest BCUT2D eigenvalue weighted by Gasteiger charge is -2.31. The van der Waals surface area contributed by atoms with Gasteiger partial charge in [0.2, 0.25) is 10.0 Å². The fraction of sp³-hybridized carbons (Fsp3) is 0.500. The van der Waals surface area contributed by atoms with Crippen LogP contribution in [0, 0.1) is 12.8 Å². The number of hydrogen-bond donors (Lipinski definition) is 1. The maximum Gasteiger partial charge on any atom is 0.211 e. The molecule has 0 aliphatic carbocycles. The van der Waals surface area contributed by atoms with E-state index in [0.29, 0.717) is 26.2 Å². The maximum atomic E-state index is 11.9. The average Bonchev–Trinajstić information content (AvgIpc) is 3.07. The predicted molar refractivity (Wildman–Crippen MR) is 103 cm³/mol. The molecule has 8 heteroatoms. The number of nitrogens with one attached hydrogen (secondary N) is 1. The predicted octanol–water partition coefficient (Wildman–Crippen LogP) is 2.84. The van der Waals surface area contributed by atoms with Crippen molar-refractivity contribution in [2.24, 2.45) is 5.92 Å². The van der Waals surface area contributed by atoms with Gasteiger partial charge in [0.05, 0.1) is 29.7 Å². The molecule has 6 nitrogen and oxygen atoms in total. The Bertz CT molecular complexity index is 818. The number of sulfonamides is 1. The van der Waals surface area contributed by atoms with Crippen molar-refractivity contribution in [3.63, 3.8) is 0 Å². The summed E-state index contributed by atoms with van der Waals surface area (Å²) in [6.07, 6.45) is 0.662. The molecule has 26 heavy (non-hydrogen) atoms. The lowest BCUT2D eigenvalue weighted by Crippen LogP contribution is -2.47. The highest BCUT2D eigenvalue weighted by Crippen LogP contribution is 2.25. The van der Waals surface area contributed by atoms with E-state index in [2.05, 4.69) is 9.71 Å². The van der Waals surface area contributed by atoms with Crippen LogP contribution in [0.4, 0.5) is 0 Å². The Balaban J connectivity index is 1.60. The molecule has 142 valence electrons. The molecule has 0 saturated carbocycles. The van der Waals surface area contributed by atoms with Crippen LogP contribution in [0.5, 0.6) is 5.75 Å². The van der Waals surface area contributed by atoms with E-state index in [1.165, 1.54) is 0 Å². The fourth-order valence-corrected chi connectivity index (χ4v) is 4.41. The highest BCUT2D eigenvalue weighted by atomic mass is 32.2. The minimum atomic E-state index is -3.24. The second-order valence-corrected chi connectivity index (χ2v) is 9.44. The van der Waals surface area contributed by atoms with Crippen LogP contribution in [-0.4, -0.2) is 45.0 Å². The molecule has 0 unspecified atom stereocenters. The third-order valence-electron chi connectivity index (χ3n) is 4.42. The van der Waals surface area contributed by atoms with Crippen molar-refractivity contribution < 1.29 is 17.9 Å². The van der Waals surface area contributed by atoms with E-state index < -0.39 is 10.0 Å². The summed E-state index contributed by atoms with van der Waals surface area (Å²) in [4.78, 5) is 4.48. The molecule has 0 amide bonds. The van der Waals surface area contributed by atoms with Crippen molar-refractivity contribution in [1.82, 2.24) is 9.71 Å². The summed E-state index contributed by atoms with van der Waals surface area (Å²) in [7, 11) is -3.24. The lowest BCUT2D eigenvalue weighted by atomic mass is 9.98. The average molecular weight is 397 g/mol. The SMILES string of the molecule is CCS(=O)(=O)N[C@H]1CCOC[C@@H]1COc1ccc(-c2csc(C)n2)cc1. The number of aryl methyl sites for hydroxylation is 1. The van der Waals surface area contributed by atoms with Crippen LogP contribution in [-0.2, 0) is 14.8 Å². The van der Waals surface area contributed by atoms with Gasteiger partial charge in [-0.2, -0.15) is 0 Å². The highest BCUT2D eigenvalue weighted by molar-refractivity contribution is 7.89. The summed E-state index contributed by atoms with van der Waals surface area (Å²) in [5.41, 5.74) is 2.02. The summed E-state index contributed by atoms with van der Waals surface area (Å²) >= 11 is 1.63. The van der Waals surface area contributed by atoms with Crippen LogP contribution in [0.2, 0.25) is 0 Å². The van der Waals surface area contributed by atoms with E-state index in [-0.39, 0.29) is 17.7 Å². The first-order valence-electron chi connectivity index (χ1n) is 8.70. The van der Waals surface area contributed by atoms with Gasteiger partial charge in [-0.3, -0.25) is 0 Å². The lowest BCUT2D eigenvalue weighted by molar-refractivity contribution is 0.0186. The van der Waals surface area contributed by atoms with Crippen LogP contribution >= 0.6 is 11.3 Å². The molecule has 2 atom stereocenters. The Morgan fingerprint density at radius 3 is 2.77 bits per heavy atom. The third kappa shape index (κ3) is 5.03. The highest BCUT2D eigenvalue weighted by Gasteiger charge is 2.29. The number of aromatic nitrogens is 1. The largest absolute Gasteiger partial charge is 0.493 e. The van der Waals surface area contributed by atoms with Crippen LogP contribution in [0.15, 0.2) is 29.6 Å². The second kappa shape index (κ2) is 8.47. The van der Waals surface area contributed by atoms with E-state index in [1.807, 2.05) is 36.6 Å². The molecule has 1 saturated heterocycles. The van der Waals surface area contributed by atoms with Crippen molar-refractivity contribution in [2.45, 2.75) is 26.3 Å². The molecule has 2 heterocycles. The molecule has 2 aromatic rings. The van der Waals surface area contributed by atoms with Gasteiger partial charge in [-0.15, -0.1) is 11.3 Å². The molecule has 3 rings (SSSR count). The Hall–Kier alpha value is -1.48. The van der Waals surface area contributed by atoms with Crippen LogP contribution in [0.25, 0.3) is 11.3 Å². The van der Waals surface area contributed by atoms with E-state index in [0.717, 1.165) is 22.0 Å².